The number of aliphatic imine (C=N–C) groups is 1. The fraction of sp³-hybridized carbons (Fsp3) is 0.564. The van der Waals surface area contributed by atoms with Gasteiger partial charge in [0.1, 0.15) is 23.6 Å². The zero-order chi connectivity index (χ0) is 35.7. The molecule has 0 aliphatic carbocycles. The first-order chi connectivity index (χ1) is 23.3. The quantitative estimate of drug-likeness (QED) is 0.134. The van der Waals surface area contributed by atoms with Crippen molar-refractivity contribution < 1.29 is 14.6 Å². The van der Waals surface area contributed by atoms with Crippen LogP contribution in [0.2, 0.25) is 0 Å². The van der Waals surface area contributed by atoms with Gasteiger partial charge in [-0.3, -0.25) is 9.89 Å². The highest BCUT2D eigenvalue weighted by Crippen LogP contribution is 2.31. The first kappa shape index (κ1) is 37.7. The van der Waals surface area contributed by atoms with Gasteiger partial charge in [0.25, 0.3) is 0 Å². The summed E-state index contributed by atoms with van der Waals surface area (Å²) in [6.45, 7) is 16.2. The van der Waals surface area contributed by atoms with Crippen LogP contribution in [-0.4, -0.2) is 76.5 Å². The van der Waals surface area contributed by atoms with Gasteiger partial charge in [0.2, 0.25) is 0 Å². The van der Waals surface area contributed by atoms with Crippen molar-refractivity contribution in [3.63, 3.8) is 0 Å². The monoisotopic (exact) mass is 669 g/mol. The fourth-order valence-corrected chi connectivity index (χ4v) is 6.66. The molecule has 10 heteroatoms. The molecule has 2 saturated heterocycles. The van der Waals surface area contributed by atoms with Gasteiger partial charge < -0.3 is 31.2 Å². The van der Waals surface area contributed by atoms with Gasteiger partial charge in [0.15, 0.2) is 0 Å². The van der Waals surface area contributed by atoms with Crippen LogP contribution in [0.4, 0.5) is 4.79 Å². The molecule has 3 heterocycles. The molecule has 0 spiro atoms. The van der Waals surface area contributed by atoms with Gasteiger partial charge in [0.05, 0.1) is 43.4 Å². The number of aromatic nitrogens is 2. The van der Waals surface area contributed by atoms with Crippen molar-refractivity contribution in [2.24, 2.45) is 22.6 Å². The van der Waals surface area contributed by atoms with Gasteiger partial charge in [-0.15, -0.1) is 0 Å². The number of H-pyrrole nitrogens is 1. The molecular weight excluding hydrogens is 614 g/mol. The summed E-state index contributed by atoms with van der Waals surface area (Å²) >= 11 is 0. The van der Waals surface area contributed by atoms with Crippen molar-refractivity contribution in [1.29, 1.82) is 0 Å². The fourth-order valence-electron chi connectivity index (χ4n) is 6.66. The summed E-state index contributed by atoms with van der Waals surface area (Å²) in [7, 11) is 1.31. The van der Waals surface area contributed by atoms with Gasteiger partial charge >= 0.3 is 6.09 Å². The molecule has 1 aromatic carbocycles. The number of allylic oxidation sites excluding steroid dienone is 1. The van der Waals surface area contributed by atoms with Crippen LogP contribution in [0.25, 0.3) is 5.57 Å². The number of benzene rings is 1. The number of likely N-dealkylation sites (tertiary alicyclic amines) is 1. The highest BCUT2D eigenvalue weighted by Gasteiger charge is 2.38. The average molecular weight is 670 g/mol. The van der Waals surface area contributed by atoms with Crippen LogP contribution in [0.1, 0.15) is 103 Å². The molecule has 2 aromatic rings. The first-order valence-electron chi connectivity index (χ1n) is 17.5. The normalized spacial score (nSPS) is 21.3. The highest BCUT2D eigenvalue weighted by molar-refractivity contribution is 5.86. The summed E-state index contributed by atoms with van der Waals surface area (Å²) in [6.07, 6.45) is 6.11. The Kier molecular flexibility index (Phi) is 13.1. The zero-order valence-electron chi connectivity index (χ0n) is 30.4. The summed E-state index contributed by atoms with van der Waals surface area (Å²) in [5, 5.41) is 17.7. The van der Waals surface area contributed by atoms with E-state index in [-0.39, 0.29) is 35.4 Å². The Labute approximate surface area is 292 Å². The minimum Gasteiger partial charge on any atom is -0.453 e. The molecule has 1 amide bonds. The van der Waals surface area contributed by atoms with Gasteiger partial charge in [-0.2, -0.15) is 0 Å². The number of aromatic amines is 1. The number of amides is 1. The molecule has 49 heavy (non-hydrogen) atoms. The third kappa shape index (κ3) is 9.76. The molecule has 2 fully saturated rings. The molecule has 0 saturated carbocycles. The summed E-state index contributed by atoms with van der Waals surface area (Å²) in [5.74, 6) is 13.7. The maximum atomic E-state index is 12.1. The number of rotatable bonds is 10. The Balaban J connectivity index is 1.62. The summed E-state index contributed by atoms with van der Waals surface area (Å²) in [6, 6.07) is 7.75. The molecule has 2 aliphatic heterocycles. The van der Waals surface area contributed by atoms with Crippen molar-refractivity contribution in [3.8, 4) is 23.7 Å². The summed E-state index contributed by atoms with van der Waals surface area (Å²) in [5.41, 5.74) is 10.9. The largest absolute Gasteiger partial charge is 0.453 e. The summed E-state index contributed by atoms with van der Waals surface area (Å²) in [4.78, 5) is 26.8. The number of methoxy groups -OCH3 is 1. The number of carbonyl (C=O) groups is 1. The Morgan fingerprint density at radius 3 is 2.53 bits per heavy atom. The molecule has 3 unspecified atom stereocenters. The Hall–Kier alpha value is -4.09. The maximum Gasteiger partial charge on any atom is 0.407 e. The number of hydrogen-bond donors (Lipinski definition) is 5. The van der Waals surface area contributed by atoms with E-state index in [9.17, 15) is 9.90 Å². The summed E-state index contributed by atoms with van der Waals surface area (Å²) < 4.78 is 4.81. The number of amidine groups is 1. The second-order valence-corrected chi connectivity index (χ2v) is 14.4. The van der Waals surface area contributed by atoms with Crippen molar-refractivity contribution in [2.75, 3.05) is 20.2 Å². The smallest absolute Gasteiger partial charge is 0.407 e. The average Bonchev–Trinajstić information content (AvgIpc) is 3.86. The third-order valence-electron chi connectivity index (χ3n) is 9.52. The Morgan fingerprint density at radius 2 is 1.92 bits per heavy atom. The number of hydrogen-bond acceptors (Lipinski definition) is 7. The lowest BCUT2D eigenvalue weighted by atomic mass is 9.83. The topological polar surface area (TPSA) is 141 Å². The van der Waals surface area contributed by atoms with E-state index in [0.717, 1.165) is 54.9 Å². The molecule has 264 valence electrons. The molecule has 0 radical (unpaired) electrons. The number of aliphatic hydroxyl groups excluding tert-OH is 1. The second-order valence-electron chi connectivity index (χ2n) is 14.4. The molecule has 10 nitrogen and oxygen atoms in total. The molecule has 6 N–H and O–H groups in total. The molecule has 4 rings (SSSR count). The van der Waals surface area contributed by atoms with E-state index >= 15 is 0 Å². The predicted octanol–water partition coefficient (Wildman–Crippen LogP) is 5.12. The molecular formula is C39H55N7O3. The van der Waals surface area contributed by atoms with E-state index in [1.165, 1.54) is 12.7 Å². The van der Waals surface area contributed by atoms with E-state index in [4.69, 9.17) is 15.5 Å². The maximum absolute atomic E-state index is 12.1. The van der Waals surface area contributed by atoms with Crippen LogP contribution in [-0.2, 0) is 10.2 Å². The van der Waals surface area contributed by atoms with Crippen LogP contribution in [0.5, 0.6) is 0 Å². The van der Waals surface area contributed by atoms with E-state index < -0.39 is 18.4 Å². The van der Waals surface area contributed by atoms with Crippen molar-refractivity contribution >= 4 is 17.5 Å². The Morgan fingerprint density at radius 1 is 1.18 bits per heavy atom. The Bertz CT molecular complexity index is 1590. The molecule has 1 aromatic heterocycles. The second kappa shape index (κ2) is 17.0. The lowest BCUT2D eigenvalue weighted by Crippen LogP contribution is -2.57. The number of carbonyl (C=O) groups excluding carboxylic acids is 1. The molecule has 0 bridgehead atoms. The van der Waals surface area contributed by atoms with Gasteiger partial charge in [-0.05, 0) is 91.9 Å². The first-order valence-corrected chi connectivity index (χ1v) is 17.5. The van der Waals surface area contributed by atoms with Crippen LogP contribution in [0, 0.1) is 35.5 Å². The van der Waals surface area contributed by atoms with E-state index in [1.54, 1.807) is 6.20 Å². The van der Waals surface area contributed by atoms with Crippen LogP contribution < -0.4 is 16.4 Å². The highest BCUT2D eigenvalue weighted by atomic mass is 16.5. The minimum atomic E-state index is -0.957. The van der Waals surface area contributed by atoms with Gasteiger partial charge in [-0.25, -0.2) is 9.78 Å². The van der Waals surface area contributed by atoms with Crippen molar-refractivity contribution in [3.05, 3.63) is 59.2 Å². The van der Waals surface area contributed by atoms with Gasteiger partial charge in [-0.1, -0.05) is 70.9 Å². The predicted molar refractivity (Wildman–Crippen MR) is 196 cm³/mol. The van der Waals surface area contributed by atoms with E-state index in [2.05, 4.69) is 95.4 Å². The standard InChI is InChI=1S/C39H55N7O3/c1-9-30(27-18-20-28(21-19-27)39(5,6)7)31(15-11-10-14-29-24-42-36(44-29)32-16-12-22-41-32)26(4)43-35(40)33-17-13-23-46(33)37(47)34(25(2)3)45-38(48)49-8/h9,18-21,24-26,31-34,37,41,47H,12-13,16-17,22-23H2,1-8H3,(H2,40,43)(H,42,44)(H,45,48)/b30-9-/t26?,31?,32-,33-,34-,37?/m0/s1. The number of nitrogens with two attached hydrogens (primary N) is 1. The van der Waals surface area contributed by atoms with E-state index in [0.29, 0.717) is 12.4 Å². The number of nitrogens with zero attached hydrogens (tertiary/aromatic N) is 3. The number of ether oxygens (including phenoxy) is 1. The number of nitrogens with one attached hydrogen (secondary N) is 3. The molecule has 2 aliphatic rings. The minimum absolute atomic E-state index is 0.0362. The number of imidazole rings is 1. The lowest BCUT2D eigenvalue weighted by molar-refractivity contribution is -0.0308. The van der Waals surface area contributed by atoms with Crippen LogP contribution >= 0.6 is 0 Å². The van der Waals surface area contributed by atoms with Crippen molar-refractivity contribution in [1.82, 2.24) is 25.5 Å². The number of aliphatic hydroxyl groups is 1. The molecule has 6 atom stereocenters. The lowest BCUT2D eigenvalue weighted by Gasteiger charge is -2.36. The van der Waals surface area contributed by atoms with Crippen molar-refractivity contribution in [2.45, 2.75) is 110 Å². The van der Waals surface area contributed by atoms with E-state index in [1.807, 2.05) is 32.6 Å². The van der Waals surface area contributed by atoms with Crippen LogP contribution in [0.3, 0.4) is 0 Å². The third-order valence-corrected chi connectivity index (χ3v) is 9.52. The number of alkyl carbamates (subject to hydrolysis) is 1. The van der Waals surface area contributed by atoms with Crippen LogP contribution in [0.15, 0.2) is 41.5 Å². The SMILES string of the molecule is C/C=C(/c1ccc(C(C)(C)C)cc1)C(C#CC#Cc1cnc([C@@H]2CCCN2)[nH]1)C(C)N=C(N)[C@@H]1CCCN1C(O)[C@@H](NC(=O)OC)C(C)C. The zero-order valence-corrected chi connectivity index (χ0v) is 30.4. The van der Waals surface area contributed by atoms with Gasteiger partial charge in [0, 0.05) is 6.54 Å².